The normalized spacial score (nSPS) is 31.5. The third kappa shape index (κ3) is 3.98. The number of amides is 1. The zero-order valence-corrected chi connectivity index (χ0v) is 18.5. The van der Waals surface area contributed by atoms with Gasteiger partial charge in [-0.15, -0.1) is 0 Å². The quantitative estimate of drug-likeness (QED) is 0.719. The van der Waals surface area contributed by atoms with Gasteiger partial charge in [0.15, 0.2) is 0 Å². The van der Waals surface area contributed by atoms with Crippen molar-refractivity contribution >= 4 is 5.91 Å². The van der Waals surface area contributed by atoms with Crippen LogP contribution in [0.5, 0.6) is 5.75 Å². The lowest BCUT2D eigenvalue weighted by atomic mass is 9.52. The molecule has 0 spiro atoms. The van der Waals surface area contributed by atoms with Crippen LogP contribution in [0.4, 0.5) is 0 Å². The summed E-state index contributed by atoms with van der Waals surface area (Å²) in [6.07, 6.45) is 4.93. The summed E-state index contributed by atoms with van der Waals surface area (Å²) in [5.41, 5.74) is 0.946. The molecule has 2 aromatic carbocycles. The predicted molar refractivity (Wildman–Crippen MR) is 121 cm³/mol. The van der Waals surface area contributed by atoms with E-state index in [9.17, 15) is 9.90 Å². The number of hydrogen-bond acceptors (Lipinski definition) is 3. The second-order valence-corrected chi connectivity index (χ2v) is 10.6. The van der Waals surface area contributed by atoms with Crippen LogP contribution in [0.2, 0.25) is 0 Å². The molecule has 0 aliphatic heterocycles. The number of hydrogen-bond donors (Lipinski definition) is 2. The van der Waals surface area contributed by atoms with E-state index in [-0.39, 0.29) is 11.9 Å². The van der Waals surface area contributed by atoms with Crippen molar-refractivity contribution in [1.29, 1.82) is 0 Å². The third-order valence-corrected chi connectivity index (χ3v) is 7.91. The fraction of sp³-hybridized carbons (Fsp3) is 0.519. The van der Waals surface area contributed by atoms with E-state index in [4.69, 9.17) is 4.74 Å². The average molecular weight is 420 g/mol. The summed E-state index contributed by atoms with van der Waals surface area (Å²) < 4.78 is 5.99. The van der Waals surface area contributed by atoms with Gasteiger partial charge < -0.3 is 15.2 Å². The summed E-state index contributed by atoms with van der Waals surface area (Å²) in [6.45, 7) is 4.48. The topological polar surface area (TPSA) is 58.6 Å². The van der Waals surface area contributed by atoms with E-state index in [1.807, 2.05) is 68.4 Å². The summed E-state index contributed by atoms with van der Waals surface area (Å²) in [5.74, 6) is 2.31. The molecule has 2 aromatic rings. The molecule has 164 valence electrons. The smallest absolute Gasteiger partial charge is 0.230 e. The highest BCUT2D eigenvalue weighted by Gasteiger charge is 2.55. The summed E-state index contributed by atoms with van der Waals surface area (Å²) in [7, 11) is 0. The summed E-state index contributed by atoms with van der Waals surface area (Å²) in [5, 5.41) is 14.2. The maximum Gasteiger partial charge on any atom is 0.230 e. The molecule has 4 aliphatic carbocycles. The SMILES string of the molecule is CC(C)(C(=O)NC1C2CC3CC1CC(O)(C3)C2)c1cccc(OCc2ccccc2)c1. The molecule has 2 unspecified atom stereocenters. The van der Waals surface area contributed by atoms with Crippen LogP contribution in [0.25, 0.3) is 0 Å². The first-order valence-corrected chi connectivity index (χ1v) is 11.6. The Morgan fingerprint density at radius 1 is 1.06 bits per heavy atom. The Bertz CT molecular complexity index is 938. The highest BCUT2D eigenvalue weighted by atomic mass is 16.5. The van der Waals surface area contributed by atoms with Crippen LogP contribution in [0.3, 0.4) is 0 Å². The van der Waals surface area contributed by atoms with Gasteiger partial charge in [0, 0.05) is 6.04 Å². The van der Waals surface area contributed by atoms with Crippen molar-refractivity contribution in [1.82, 2.24) is 5.32 Å². The Morgan fingerprint density at radius 3 is 2.45 bits per heavy atom. The van der Waals surface area contributed by atoms with E-state index in [1.165, 1.54) is 0 Å². The highest BCUT2D eigenvalue weighted by Crippen LogP contribution is 2.55. The van der Waals surface area contributed by atoms with Gasteiger partial charge in [0.25, 0.3) is 0 Å². The van der Waals surface area contributed by atoms with Crippen molar-refractivity contribution < 1.29 is 14.6 Å². The van der Waals surface area contributed by atoms with E-state index in [1.54, 1.807) is 0 Å². The van der Waals surface area contributed by atoms with Crippen LogP contribution >= 0.6 is 0 Å². The predicted octanol–water partition coefficient (Wildman–Crippen LogP) is 4.60. The Balaban J connectivity index is 1.27. The first kappa shape index (κ1) is 20.6. The first-order valence-electron chi connectivity index (χ1n) is 11.6. The molecule has 2 atom stereocenters. The Morgan fingerprint density at radius 2 is 1.77 bits per heavy atom. The number of carbonyl (C=O) groups excluding carboxylic acids is 1. The number of carbonyl (C=O) groups is 1. The molecule has 0 heterocycles. The average Bonchev–Trinajstić information content (AvgIpc) is 2.74. The Labute approximate surface area is 185 Å². The number of aliphatic hydroxyl groups is 1. The molecule has 0 saturated heterocycles. The van der Waals surface area contributed by atoms with Crippen molar-refractivity contribution in [2.45, 2.75) is 69.6 Å². The number of nitrogens with one attached hydrogen (secondary N) is 1. The van der Waals surface area contributed by atoms with Crippen LogP contribution in [0.15, 0.2) is 54.6 Å². The molecular weight excluding hydrogens is 386 g/mol. The van der Waals surface area contributed by atoms with Gasteiger partial charge in [0.2, 0.25) is 5.91 Å². The molecule has 4 heteroatoms. The molecule has 0 radical (unpaired) electrons. The van der Waals surface area contributed by atoms with Gasteiger partial charge in [0.1, 0.15) is 12.4 Å². The highest BCUT2D eigenvalue weighted by molar-refractivity contribution is 5.87. The lowest BCUT2D eigenvalue weighted by molar-refractivity contribution is -0.148. The van der Waals surface area contributed by atoms with Crippen LogP contribution < -0.4 is 10.1 Å². The molecular formula is C27H33NO3. The number of ether oxygens (including phenoxy) is 1. The van der Waals surface area contributed by atoms with Gasteiger partial charge in [-0.05, 0) is 87.0 Å². The lowest BCUT2D eigenvalue weighted by Gasteiger charge is -2.58. The van der Waals surface area contributed by atoms with Crippen LogP contribution in [-0.2, 0) is 16.8 Å². The molecule has 31 heavy (non-hydrogen) atoms. The number of rotatable bonds is 6. The van der Waals surface area contributed by atoms with Crippen LogP contribution in [-0.4, -0.2) is 22.7 Å². The molecule has 1 amide bonds. The van der Waals surface area contributed by atoms with E-state index < -0.39 is 11.0 Å². The fourth-order valence-electron chi connectivity index (χ4n) is 6.40. The summed E-state index contributed by atoms with van der Waals surface area (Å²) >= 11 is 0. The largest absolute Gasteiger partial charge is 0.489 e. The molecule has 4 fully saturated rings. The van der Waals surface area contributed by atoms with Crippen molar-refractivity contribution in [3.8, 4) is 5.75 Å². The van der Waals surface area contributed by atoms with Crippen molar-refractivity contribution in [3.05, 3.63) is 65.7 Å². The minimum atomic E-state index is -0.655. The van der Waals surface area contributed by atoms with Gasteiger partial charge in [0.05, 0.1) is 11.0 Å². The minimum absolute atomic E-state index is 0.0668. The van der Waals surface area contributed by atoms with E-state index in [0.29, 0.717) is 24.4 Å². The maximum absolute atomic E-state index is 13.4. The zero-order valence-electron chi connectivity index (χ0n) is 18.5. The van der Waals surface area contributed by atoms with E-state index >= 15 is 0 Å². The molecule has 0 aromatic heterocycles. The first-order chi connectivity index (χ1) is 14.8. The molecule has 4 saturated carbocycles. The van der Waals surface area contributed by atoms with Gasteiger partial charge in [-0.1, -0.05) is 42.5 Å². The van der Waals surface area contributed by atoms with E-state index in [0.717, 1.165) is 49.0 Å². The standard InChI is InChI=1S/C27H33NO3/c1-26(2,22-9-6-10-23(13-22)31-17-18-7-4-3-5-8-18)25(29)28-24-20-11-19-12-21(24)16-27(30,14-19)15-20/h3-10,13,19-21,24,30H,11-12,14-17H2,1-2H3,(H,28,29). The zero-order chi connectivity index (χ0) is 21.6. The van der Waals surface area contributed by atoms with Crippen LogP contribution in [0, 0.1) is 17.8 Å². The maximum atomic E-state index is 13.4. The monoisotopic (exact) mass is 419 g/mol. The molecule has 2 N–H and O–H groups in total. The molecule has 4 nitrogen and oxygen atoms in total. The van der Waals surface area contributed by atoms with E-state index in [2.05, 4.69) is 5.32 Å². The van der Waals surface area contributed by atoms with Gasteiger partial charge in [-0.25, -0.2) is 0 Å². The summed E-state index contributed by atoms with van der Waals surface area (Å²) in [6, 6.07) is 18.2. The lowest BCUT2D eigenvalue weighted by Crippen LogP contribution is -2.62. The van der Waals surface area contributed by atoms with Crippen molar-refractivity contribution in [3.63, 3.8) is 0 Å². The molecule has 6 rings (SSSR count). The second-order valence-electron chi connectivity index (χ2n) is 10.6. The van der Waals surface area contributed by atoms with Crippen molar-refractivity contribution in [2.24, 2.45) is 17.8 Å². The fourth-order valence-corrected chi connectivity index (χ4v) is 6.40. The third-order valence-electron chi connectivity index (χ3n) is 7.91. The van der Waals surface area contributed by atoms with Gasteiger partial charge >= 0.3 is 0 Å². The molecule has 4 aliphatic rings. The number of benzene rings is 2. The van der Waals surface area contributed by atoms with Crippen LogP contribution in [0.1, 0.15) is 57.1 Å². The minimum Gasteiger partial charge on any atom is -0.489 e. The van der Waals surface area contributed by atoms with Gasteiger partial charge in [-0.2, -0.15) is 0 Å². The van der Waals surface area contributed by atoms with Crippen molar-refractivity contribution in [2.75, 3.05) is 0 Å². The molecule has 4 bridgehead atoms. The second kappa shape index (κ2) is 7.67. The van der Waals surface area contributed by atoms with Gasteiger partial charge in [-0.3, -0.25) is 4.79 Å². The Kier molecular flexibility index (Phi) is 5.09. The Hall–Kier alpha value is -2.33. The summed E-state index contributed by atoms with van der Waals surface area (Å²) in [4.78, 5) is 13.4.